The third-order valence-electron chi connectivity index (χ3n) is 4.78. The zero-order valence-corrected chi connectivity index (χ0v) is 13.0. The Morgan fingerprint density at radius 1 is 1.43 bits per heavy atom. The molecule has 1 aromatic rings. The summed E-state index contributed by atoms with van der Waals surface area (Å²) in [6.45, 7) is 1.00. The van der Waals surface area contributed by atoms with Gasteiger partial charge in [0, 0.05) is 22.2 Å². The average molecular weight is 302 g/mol. The van der Waals surface area contributed by atoms with E-state index < -0.39 is 0 Å². The molecule has 3 nitrogen and oxygen atoms in total. The quantitative estimate of drug-likeness (QED) is 0.840. The third kappa shape index (κ3) is 3.66. The van der Waals surface area contributed by atoms with Crippen molar-refractivity contribution in [2.24, 2.45) is 23.5 Å². The number of carbonyl (C=O) groups is 1. The van der Waals surface area contributed by atoms with E-state index in [9.17, 15) is 4.79 Å². The van der Waals surface area contributed by atoms with Gasteiger partial charge >= 0.3 is 0 Å². The van der Waals surface area contributed by atoms with Crippen molar-refractivity contribution in [1.82, 2.24) is 5.32 Å². The minimum atomic E-state index is 0.204. The molecule has 1 amide bonds. The van der Waals surface area contributed by atoms with E-state index in [1.54, 1.807) is 11.3 Å². The number of hydrogen-bond donors (Lipinski definition) is 2. The van der Waals surface area contributed by atoms with Crippen LogP contribution >= 0.6 is 11.3 Å². The van der Waals surface area contributed by atoms with Crippen LogP contribution in [0.1, 0.15) is 42.5 Å². The van der Waals surface area contributed by atoms with Gasteiger partial charge in [0.1, 0.15) is 0 Å². The molecule has 2 bridgehead atoms. The lowest BCUT2D eigenvalue weighted by atomic mass is 9.86. The summed E-state index contributed by atoms with van der Waals surface area (Å²) in [5.74, 6) is 8.43. The standard InChI is InChI=1S/C17H22N2OS/c18-5-1-2-13-8-16(21-11-13)10-19-17(20)9-15-7-12-3-4-14(15)6-12/h8,11-12,14-15H,3-7,9-10,18H2,(H,19,20). The van der Waals surface area contributed by atoms with Crippen LogP contribution in [0.15, 0.2) is 11.4 Å². The second kappa shape index (κ2) is 6.64. The number of fused-ring (bicyclic) bond motifs is 2. The molecular weight excluding hydrogens is 280 g/mol. The predicted octanol–water partition coefficient (Wildman–Crippen LogP) is 2.50. The number of amides is 1. The van der Waals surface area contributed by atoms with Gasteiger partial charge in [-0.3, -0.25) is 4.79 Å². The van der Waals surface area contributed by atoms with Gasteiger partial charge in [0.15, 0.2) is 0 Å². The molecule has 3 rings (SSSR count). The van der Waals surface area contributed by atoms with Crippen molar-refractivity contribution in [2.45, 2.75) is 38.6 Å². The van der Waals surface area contributed by atoms with Crippen LogP contribution in [0.2, 0.25) is 0 Å². The van der Waals surface area contributed by atoms with E-state index in [1.165, 1.54) is 25.7 Å². The molecule has 0 radical (unpaired) electrons. The Labute approximate surface area is 130 Å². The van der Waals surface area contributed by atoms with Crippen molar-refractivity contribution in [3.8, 4) is 11.8 Å². The fourth-order valence-electron chi connectivity index (χ4n) is 3.81. The highest BCUT2D eigenvalue weighted by Crippen LogP contribution is 2.49. The normalized spacial score (nSPS) is 26.4. The summed E-state index contributed by atoms with van der Waals surface area (Å²) in [6, 6.07) is 2.03. The van der Waals surface area contributed by atoms with Gasteiger partial charge in [-0.2, -0.15) is 0 Å². The average Bonchev–Trinajstić information content (AvgIpc) is 3.19. The molecule has 4 heteroatoms. The van der Waals surface area contributed by atoms with E-state index in [0.29, 0.717) is 25.4 Å². The molecule has 3 N–H and O–H groups in total. The van der Waals surface area contributed by atoms with Crippen molar-refractivity contribution in [3.05, 3.63) is 21.9 Å². The highest BCUT2D eigenvalue weighted by Gasteiger charge is 2.39. The molecule has 2 saturated carbocycles. The van der Waals surface area contributed by atoms with Crippen molar-refractivity contribution in [2.75, 3.05) is 6.54 Å². The second-order valence-corrected chi connectivity index (χ2v) is 7.22. The Kier molecular flexibility index (Phi) is 4.62. The first-order valence-corrected chi connectivity index (χ1v) is 8.65. The Bertz CT molecular complexity index is 569. The third-order valence-corrected chi connectivity index (χ3v) is 5.72. The first-order chi connectivity index (χ1) is 10.2. The first-order valence-electron chi connectivity index (χ1n) is 7.77. The maximum absolute atomic E-state index is 12.1. The Morgan fingerprint density at radius 3 is 3.05 bits per heavy atom. The Hall–Kier alpha value is -1.31. The summed E-state index contributed by atoms with van der Waals surface area (Å²) in [7, 11) is 0. The number of carbonyl (C=O) groups excluding carboxylic acids is 1. The molecule has 0 saturated heterocycles. The van der Waals surface area contributed by atoms with Gasteiger partial charge in [-0.15, -0.1) is 11.3 Å². The molecule has 0 aromatic carbocycles. The SMILES string of the molecule is NCC#Cc1csc(CNC(=O)CC2CC3CCC2C3)c1. The smallest absolute Gasteiger partial charge is 0.220 e. The molecule has 2 aliphatic carbocycles. The fraction of sp³-hybridized carbons (Fsp3) is 0.588. The Balaban J connectivity index is 1.44. The summed E-state index contributed by atoms with van der Waals surface area (Å²) in [6.07, 6.45) is 6.09. The molecule has 0 aliphatic heterocycles. The largest absolute Gasteiger partial charge is 0.351 e. The van der Waals surface area contributed by atoms with Gasteiger partial charge in [-0.1, -0.05) is 18.3 Å². The van der Waals surface area contributed by atoms with Crippen molar-refractivity contribution < 1.29 is 4.79 Å². The molecule has 112 valence electrons. The van der Waals surface area contributed by atoms with Crippen LogP contribution in [0.3, 0.4) is 0 Å². The number of nitrogens with two attached hydrogens (primary N) is 1. The zero-order chi connectivity index (χ0) is 14.7. The summed E-state index contributed by atoms with van der Waals surface area (Å²) in [5, 5.41) is 5.07. The Morgan fingerprint density at radius 2 is 2.33 bits per heavy atom. The van der Waals surface area contributed by atoms with Crippen LogP contribution in [0.5, 0.6) is 0 Å². The molecule has 2 fully saturated rings. The molecular formula is C17H22N2OS. The van der Waals surface area contributed by atoms with E-state index in [4.69, 9.17) is 5.73 Å². The first kappa shape index (κ1) is 14.6. The lowest BCUT2D eigenvalue weighted by Gasteiger charge is -2.20. The molecule has 2 aliphatic rings. The van der Waals surface area contributed by atoms with Gasteiger partial charge in [0.05, 0.1) is 13.1 Å². The van der Waals surface area contributed by atoms with Crippen LogP contribution in [0, 0.1) is 29.6 Å². The van der Waals surface area contributed by atoms with E-state index in [1.807, 2.05) is 11.4 Å². The molecule has 21 heavy (non-hydrogen) atoms. The number of rotatable bonds is 4. The maximum atomic E-state index is 12.1. The lowest BCUT2D eigenvalue weighted by Crippen LogP contribution is -2.26. The molecule has 1 aromatic heterocycles. The van der Waals surface area contributed by atoms with Crippen molar-refractivity contribution >= 4 is 17.2 Å². The number of thiophene rings is 1. The topological polar surface area (TPSA) is 55.1 Å². The van der Waals surface area contributed by atoms with E-state index in [0.717, 1.165) is 22.3 Å². The number of hydrogen-bond acceptors (Lipinski definition) is 3. The minimum absolute atomic E-state index is 0.204. The van der Waals surface area contributed by atoms with E-state index in [-0.39, 0.29) is 5.91 Å². The lowest BCUT2D eigenvalue weighted by molar-refractivity contribution is -0.122. The van der Waals surface area contributed by atoms with Crippen LogP contribution < -0.4 is 11.1 Å². The van der Waals surface area contributed by atoms with Gasteiger partial charge in [-0.25, -0.2) is 0 Å². The second-order valence-electron chi connectivity index (χ2n) is 6.22. The highest BCUT2D eigenvalue weighted by molar-refractivity contribution is 7.10. The van der Waals surface area contributed by atoms with Crippen LogP contribution in [0.4, 0.5) is 0 Å². The minimum Gasteiger partial charge on any atom is -0.351 e. The summed E-state index contributed by atoms with van der Waals surface area (Å²) in [4.78, 5) is 13.2. The van der Waals surface area contributed by atoms with Crippen LogP contribution in [-0.2, 0) is 11.3 Å². The van der Waals surface area contributed by atoms with Crippen molar-refractivity contribution in [3.63, 3.8) is 0 Å². The highest BCUT2D eigenvalue weighted by atomic mass is 32.1. The van der Waals surface area contributed by atoms with Crippen LogP contribution in [-0.4, -0.2) is 12.5 Å². The summed E-state index contributed by atoms with van der Waals surface area (Å²) in [5.41, 5.74) is 6.35. The van der Waals surface area contributed by atoms with E-state index >= 15 is 0 Å². The number of nitrogens with one attached hydrogen (secondary N) is 1. The van der Waals surface area contributed by atoms with Gasteiger partial charge in [0.25, 0.3) is 0 Å². The molecule has 1 heterocycles. The molecule has 3 unspecified atom stereocenters. The fourth-order valence-corrected chi connectivity index (χ4v) is 4.57. The monoisotopic (exact) mass is 302 g/mol. The van der Waals surface area contributed by atoms with Crippen LogP contribution in [0.25, 0.3) is 0 Å². The van der Waals surface area contributed by atoms with E-state index in [2.05, 4.69) is 17.2 Å². The predicted molar refractivity (Wildman–Crippen MR) is 85.7 cm³/mol. The maximum Gasteiger partial charge on any atom is 0.220 e. The van der Waals surface area contributed by atoms with Gasteiger partial charge in [-0.05, 0) is 43.1 Å². The summed E-state index contributed by atoms with van der Waals surface area (Å²) < 4.78 is 0. The van der Waals surface area contributed by atoms with Gasteiger partial charge in [0.2, 0.25) is 5.91 Å². The molecule has 0 spiro atoms. The molecule has 3 atom stereocenters. The zero-order valence-electron chi connectivity index (χ0n) is 12.2. The summed E-state index contributed by atoms with van der Waals surface area (Å²) >= 11 is 1.64. The van der Waals surface area contributed by atoms with Crippen molar-refractivity contribution in [1.29, 1.82) is 0 Å². The van der Waals surface area contributed by atoms with Gasteiger partial charge < -0.3 is 11.1 Å².